The van der Waals surface area contributed by atoms with Crippen LogP contribution in [0.3, 0.4) is 0 Å². The molecular formula is C22H20N4O5S. The summed E-state index contributed by atoms with van der Waals surface area (Å²) < 4.78 is 10.7. The van der Waals surface area contributed by atoms with E-state index in [0.29, 0.717) is 11.6 Å². The number of carboxylic acids is 1. The number of aromatic nitrogens is 3. The standard InChI is InChI=1S/C22H20N4O5S/c1-30-15-8-6-13(7-9-15)20-25-26-22(31-20)32-12-19(27)24-18(21(28)29)10-14-11-23-17-5-3-2-4-16(14)17/h2-9,11,18,23H,10,12H2,1H3,(H,24,27)(H,28,29)/t18-/m0/s1. The van der Waals surface area contributed by atoms with E-state index in [0.717, 1.165) is 33.8 Å². The molecule has 0 saturated carbocycles. The van der Waals surface area contributed by atoms with Gasteiger partial charge in [-0.05, 0) is 35.9 Å². The number of aromatic amines is 1. The van der Waals surface area contributed by atoms with Gasteiger partial charge in [0.1, 0.15) is 11.8 Å². The zero-order chi connectivity index (χ0) is 22.5. The van der Waals surface area contributed by atoms with Crippen LogP contribution in [0.5, 0.6) is 5.75 Å². The van der Waals surface area contributed by atoms with E-state index in [-0.39, 0.29) is 17.4 Å². The molecule has 0 bridgehead atoms. The molecule has 1 amide bonds. The number of benzene rings is 2. The summed E-state index contributed by atoms with van der Waals surface area (Å²) in [6, 6.07) is 13.7. The number of rotatable bonds is 9. The second kappa shape index (κ2) is 9.56. The van der Waals surface area contributed by atoms with Crippen LogP contribution in [0.1, 0.15) is 5.56 Å². The van der Waals surface area contributed by atoms with Crippen molar-refractivity contribution in [3.05, 3.63) is 60.3 Å². The number of H-pyrrole nitrogens is 1. The van der Waals surface area contributed by atoms with Gasteiger partial charge in [0.05, 0.1) is 12.9 Å². The molecule has 164 valence electrons. The Hall–Kier alpha value is -3.79. The molecule has 0 aliphatic carbocycles. The van der Waals surface area contributed by atoms with Crippen LogP contribution in [0, 0.1) is 0 Å². The number of nitrogens with zero attached hydrogens (tertiary/aromatic N) is 2. The van der Waals surface area contributed by atoms with Crippen molar-refractivity contribution in [2.45, 2.75) is 17.7 Å². The van der Waals surface area contributed by atoms with Crippen molar-refractivity contribution in [3.63, 3.8) is 0 Å². The maximum Gasteiger partial charge on any atom is 0.326 e. The Morgan fingerprint density at radius 3 is 2.72 bits per heavy atom. The number of methoxy groups -OCH3 is 1. The summed E-state index contributed by atoms with van der Waals surface area (Å²) in [5, 5.41) is 21.2. The van der Waals surface area contributed by atoms with Crippen molar-refractivity contribution in [1.82, 2.24) is 20.5 Å². The van der Waals surface area contributed by atoms with Gasteiger partial charge in [-0.25, -0.2) is 4.79 Å². The van der Waals surface area contributed by atoms with Crippen molar-refractivity contribution in [3.8, 4) is 17.2 Å². The van der Waals surface area contributed by atoms with Crippen LogP contribution < -0.4 is 10.1 Å². The fourth-order valence-electron chi connectivity index (χ4n) is 3.20. The van der Waals surface area contributed by atoms with Crippen molar-refractivity contribution in [2.24, 2.45) is 0 Å². The van der Waals surface area contributed by atoms with Gasteiger partial charge in [-0.15, -0.1) is 10.2 Å². The lowest BCUT2D eigenvalue weighted by molar-refractivity contribution is -0.141. The Bertz CT molecular complexity index is 1230. The van der Waals surface area contributed by atoms with Crippen LogP contribution >= 0.6 is 11.8 Å². The Labute approximate surface area is 187 Å². The minimum absolute atomic E-state index is 0.0537. The molecule has 10 heteroatoms. The van der Waals surface area contributed by atoms with Gasteiger partial charge < -0.3 is 24.6 Å². The van der Waals surface area contributed by atoms with Crippen LogP contribution in [0.25, 0.3) is 22.4 Å². The van der Waals surface area contributed by atoms with E-state index < -0.39 is 17.9 Å². The number of hydrogen-bond acceptors (Lipinski definition) is 7. The molecule has 0 unspecified atom stereocenters. The third kappa shape index (κ3) is 4.92. The Morgan fingerprint density at radius 2 is 1.97 bits per heavy atom. The number of carbonyl (C=O) groups is 2. The second-order valence-corrected chi connectivity index (χ2v) is 7.84. The average molecular weight is 452 g/mol. The third-order valence-electron chi connectivity index (χ3n) is 4.80. The highest BCUT2D eigenvalue weighted by molar-refractivity contribution is 7.99. The molecule has 4 aromatic rings. The molecule has 0 aliphatic rings. The van der Waals surface area contributed by atoms with Crippen LogP contribution in [-0.4, -0.2) is 51.1 Å². The highest BCUT2D eigenvalue weighted by Crippen LogP contribution is 2.25. The van der Waals surface area contributed by atoms with Gasteiger partial charge in [0, 0.05) is 29.1 Å². The zero-order valence-electron chi connectivity index (χ0n) is 17.1. The lowest BCUT2D eigenvalue weighted by Crippen LogP contribution is -2.43. The number of aliphatic carboxylic acids is 1. The number of para-hydroxylation sites is 1. The highest BCUT2D eigenvalue weighted by atomic mass is 32.2. The highest BCUT2D eigenvalue weighted by Gasteiger charge is 2.22. The molecule has 0 aliphatic heterocycles. The first-order chi connectivity index (χ1) is 15.5. The summed E-state index contributed by atoms with van der Waals surface area (Å²) in [5.74, 6) is -0.569. The van der Waals surface area contributed by atoms with Gasteiger partial charge in [0.25, 0.3) is 5.22 Å². The summed E-state index contributed by atoms with van der Waals surface area (Å²) in [6.45, 7) is 0. The normalized spacial score (nSPS) is 11.9. The second-order valence-electron chi connectivity index (χ2n) is 6.91. The summed E-state index contributed by atoms with van der Waals surface area (Å²) in [7, 11) is 1.58. The lowest BCUT2D eigenvalue weighted by atomic mass is 10.1. The van der Waals surface area contributed by atoms with E-state index >= 15 is 0 Å². The molecule has 32 heavy (non-hydrogen) atoms. The molecule has 0 radical (unpaired) electrons. The minimum Gasteiger partial charge on any atom is -0.497 e. The van der Waals surface area contributed by atoms with Gasteiger partial charge in [0.2, 0.25) is 11.8 Å². The number of ether oxygens (including phenoxy) is 1. The Balaban J connectivity index is 1.35. The molecule has 0 spiro atoms. The first-order valence-corrected chi connectivity index (χ1v) is 10.7. The maximum absolute atomic E-state index is 12.4. The molecule has 0 fully saturated rings. The van der Waals surface area contributed by atoms with Gasteiger partial charge >= 0.3 is 5.97 Å². The number of carboxylic acid groups (broad SMARTS) is 1. The number of hydrogen-bond donors (Lipinski definition) is 3. The molecule has 2 aromatic carbocycles. The summed E-state index contributed by atoms with van der Waals surface area (Å²) in [6.07, 6.45) is 1.93. The number of nitrogens with one attached hydrogen (secondary N) is 2. The molecule has 3 N–H and O–H groups in total. The van der Waals surface area contributed by atoms with Gasteiger partial charge in [0.15, 0.2) is 0 Å². The molecule has 2 aromatic heterocycles. The maximum atomic E-state index is 12.4. The van der Waals surface area contributed by atoms with Crippen LogP contribution in [0.4, 0.5) is 0 Å². The molecule has 0 saturated heterocycles. The number of fused-ring (bicyclic) bond motifs is 1. The average Bonchev–Trinajstić information content (AvgIpc) is 3.45. The molecule has 9 nitrogen and oxygen atoms in total. The first-order valence-electron chi connectivity index (χ1n) is 9.71. The van der Waals surface area contributed by atoms with Crippen LogP contribution in [0.2, 0.25) is 0 Å². The smallest absolute Gasteiger partial charge is 0.326 e. The summed E-state index contributed by atoms with van der Waals surface area (Å²) in [4.78, 5) is 27.2. The molecule has 2 heterocycles. The molecular weight excluding hydrogens is 432 g/mol. The van der Waals surface area contributed by atoms with E-state index in [4.69, 9.17) is 9.15 Å². The van der Waals surface area contributed by atoms with Crippen molar-refractivity contribution >= 4 is 34.5 Å². The number of amides is 1. The number of carbonyl (C=O) groups excluding carboxylic acids is 1. The third-order valence-corrected chi connectivity index (χ3v) is 5.62. The fraction of sp³-hybridized carbons (Fsp3) is 0.182. The first kappa shape index (κ1) is 21.4. The van der Waals surface area contributed by atoms with Gasteiger partial charge in [-0.1, -0.05) is 30.0 Å². The topological polar surface area (TPSA) is 130 Å². The van der Waals surface area contributed by atoms with Gasteiger partial charge in [-0.2, -0.15) is 0 Å². The van der Waals surface area contributed by atoms with Crippen LogP contribution in [-0.2, 0) is 16.0 Å². The minimum atomic E-state index is -1.10. The summed E-state index contributed by atoms with van der Waals surface area (Å²) in [5.41, 5.74) is 2.46. The van der Waals surface area contributed by atoms with E-state index in [1.165, 1.54) is 0 Å². The molecule has 1 atom stereocenters. The largest absolute Gasteiger partial charge is 0.497 e. The van der Waals surface area contributed by atoms with E-state index in [9.17, 15) is 14.7 Å². The quantitative estimate of drug-likeness (QED) is 0.330. The van der Waals surface area contributed by atoms with Crippen LogP contribution in [0.15, 0.2) is 64.4 Å². The Morgan fingerprint density at radius 1 is 1.19 bits per heavy atom. The van der Waals surface area contributed by atoms with Gasteiger partial charge in [-0.3, -0.25) is 4.79 Å². The van der Waals surface area contributed by atoms with Crippen molar-refractivity contribution in [1.29, 1.82) is 0 Å². The fourth-order valence-corrected chi connectivity index (χ4v) is 3.78. The van der Waals surface area contributed by atoms with Crippen molar-refractivity contribution < 1.29 is 23.8 Å². The SMILES string of the molecule is COc1ccc(-c2nnc(SCC(=O)N[C@@H](Cc3c[nH]c4ccccc34)C(=O)O)o2)cc1. The van der Waals surface area contributed by atoms with Crippen molar-refractivity contribution in [2.75, 3.05) is 12.9 Å². The monoisotopic (exact) mass is 452 g/mol. The lowest BCUT2D eigenvalue weighted by Gasteiger charge is -2.13. The zero-order valence-corrected chi connectivity index (χ0v) is 17.9. The summed E-state index contributed by atoms with van der Waals surface area (Å²) >= 11 is 1.04. The van der Waals surface area contributed by atoms with E-state index in [1.54, 1.807) is 37.6 Å². The van der Waals surface area contributed by atoms with E-state index in [2.05, 4.69) is 20.5 Å². The predicted molar refractivity (Wildman–Crippen MR) is 119 cm³/mol. The molecule has 4 rings (SSSR count). The predicted octanol–water partition coefficient (Wildman–Crippen LogP) is 3.13. The Kier molecular flexibility index (Phi) is 6.41. The number of thioether (sulfide) groups is 1. The van der Waals surface area contributed by atoms with E-state index in [1.807, 2.05) is 24.3 Å².